The number of halogens is 3. The van der Waals surface area contributed by atoms with Gasteiger partial charge in [-0.05, 0) is 36.1 Å². The zero-order chi connectivity index (χ0) is 19.0. The summed E-state index contributed by atoms with van der Waals surface area (Å²) in [5, 5.41) is 2.78. The first kappa shape index (κ1) is 17.7. The van der Waals surface area contributed by atoms with Crippen molar-refractivity contribution in [3.8, 4) is 11.5 Å². The third-order valence-corrected chi connectivity index (χ3v) is 4.86. The van der Waals surface area contributed by atoms with Crippen molar-refractivity contribution in [3.63, 3.8) is 0 Å². The summed E-state index contributed by atoms with van der Waals surface area (Å²) < 4.78 is 50.8. The molecule has 1 amide bonds. The fraction of sp³-hybridized carbons (Fsp3) is 0.350. The van der Waals surface area contributed by atoms with E-state index < -0.39 is 23.6 Å². The second-order valence-corrected chi connectivity index (χ2v) is 6.78. The maximum Gasteiger partial charge on any atom is 0.416 e. The van der Waals surface area contributed by atoms with Crippen LogP contribution in [0.2, 0.25) is 0 Å². The topological polar surface area (TPSA) is 47.6 Å². The monoisotopic (exact) mass is 377 g/mol. The Morgan fingerprint density at radius 3 is 2.56 bits per heavy atom. The van der Waals surface area contributed by atoms with Gasteiger partial charge in [0.05, 0.1) is 12.1 Å². The van der Waals surface area contributed by atoms with E-state index in [0.29, 0.717) is 24.5 Å². The van der Waals surface area contributed by atoms with Crippen molar-refractivity contribution in [2.75, 3.05) is 13.2 Å². The van der Waals surface area contributed by atoms with Crippen LogP contribution >= 0.6 is 0 Å². The van der Waals surface area contributed by atoms with Gasteiger partial charge in [0.15, 0.2) is 11.5 Å². The van der Waals surface area contributed by atoms with Crippen molar-refractivity contribution < 1.29 is 27.4 Å². The van der Waals surface area contributed by atoms with E-state index in [1.165, 1.54) is 12.1 Å². The van der Waals surface area contributed by atoms with Gasteiger partial charge in [-0.15, -0.1) is 0 Å². The predicted octanol–water partition coefficient (Wildman–Crippen LogP) is 3.77. The van der Waals surface area contributed by atoms with E-state index in [4.69, 9.17) is 9.47 Å². The Hall–Kier alpha value is -2.70. The normalized spacial score (nSPS) is 23.6. The molecule has 0 radical (unpaired) electrons. The number of rotatable bonds is 4. The van der Waals surface area contributed by atoms with Gasteiger partial charge in [-0.25, -0.2) is 0 Å². The SMILES string of the molecule is O=C(NC[C@@H]1COc2ccccc2O1)[C@H]1C[C@H]1c1ccccc1C(F)(F)F. The maximum atomic E-state index is 13.1. The smallest absolute Gasteiger partial charge is 0.416 e. The van der Waals surface area contributed by atoms with Gasteiger partial charge in [0.2, 0.25) is 5.91 Å². The summed E-state index contributed by atoms with van der Waals surface area (Å²) in [4.78, 5) is 12.3. The van der Waals surface area contributed by atoms with Crippen LogP contribution in [0.4, 0.5) is 13.2 Å². The molecule has 0 bridgehead atoms. The van der Waals surface area contributed by atoms with E-state index in [2.05, 4.69) is 5.32 Å². The predicted molar refractivity (Wildman–Crippen MR) is 91.7 cm³/mol. The lowest BCUT2D eigenvalue weighted by Crippen LogP contribution is -2.41. The van der Waals surface area contributed by atoms with Gasteiger partial charge in [-0.1, -0.05) is 30.3 Å². The molecule has 2 aromatic rings. The van der Waals surface area contributed by atoms with Crippen LogP contribution in [0.3, 0.4) is 0 Å². The van der Waals surface area contributed by atoms with Gasteiger partial charge in [0, 0.05) is 5.92 Å². The van der Waals surface area contributed by atoms with Crippen LogP contribution < -0.4 is 14.8 Å². The molecule has 0 spiro atoms. The fourth-order valence-corrected chi connectivity index (χ4v) is 3.42. The zero-order valence-electron chi connectivity index (χ0n) is 14.3. The van der Waals surface area contributed by atoms with Crippen molar-refractivity contribution in [1.29, 1.82) is 0 Å². The van der Waals surface area contributed by atoms with E-state index in [9.17, 15) is 18.0 Å². The molecule has 1 aliphatic carbocycles. The molecule has 4 nitrogen and oxygen atoms in total. The van der Waals surface area contributed by atoms with Crippen LogP contribution in [-0.2, 0) is 11.0 Å². The number of amides is 1. The molecule has 1 saturated carbocycles. The highest BCUT2D eigenvalue weighted by Crippen LogP contribution is 2.51. The van der Waals surface area contributed by atoms with E-state index in [1.54, 1.807) is 18.2 Å². The third-order valence-electron chi connectivity index (χ3n) is 4.86. The molecule has 0 saturated heterocycles. The average molecular weight is 377 g/mol. The number of benzene rings is 2. The number of para-hydroxylation sites is 2. The molecule has 1 N–H and O–H groups in total. The highest BCUT2D eigenvalue weighted by molar-refractivity contribution is 5.83. The second kappa shape index (κ2) is 6.79. The quantitative estimate of drug-likeness (QED) is 0.883. The van der Waals surface area contributed by atoms with Gasteiger partial charge >= 0.3 is 6.18 Å². The molecule has 1 heterocycles. The van der Waals surface area contributed by atoms with Crippen molar-refractivity contribution >= 4 is 5.91 Å². The van der Waals surface area contributed by atoms with Gasteiger partial charge in [0.25, 0.3) is 0 Å². The lowest BCUT2D eigenvalue weighted by atomic mass is 10.0. The molecule has 0 unspecified atom stereocenters. The van der Waals surface area contributed by atoms with Gasteiger partial charge in [0.1, 0.15) is 12.7 Å². The molecule has 7 heteroatoms. The number of fused-ring (bicyclic) bond motifs is 1. The maximum absolute atomic E-state index is 13.1. The number of carbonyl (C=O) groups excluding carboxylic acids is 1. The number of nitrogens with one attached hydrogen (secondary N) is 1. The van der Waals surface area contributed by atoms with E-state index >= 15 is 0 Å². The minimum absolute atomic E-state index is 0.191. The number of hydrogen-bond acceptors (Lipinski definition) is 3. The molecule has 4 rings (SSSR count). The molecule has 3 atom stereocenters. The first-order valence-corrected chi connectivity index (χ1v) is 8.76. The van der Waals surface area contributed by atoms with Crippen LogP contribution in [0.1, 0.15) is 23.5 Å². The van der Waals surface area contributed by atoms with E-state index in [0.717, 1.165) is 6.07 Å². The molecular formula is C20H18F3NO3. The third kappa shape index (κ3) is 3.72. The summed E-state index contributed by atoms with van der Waals surface area (Å²) in [6.07, 6.45) is -4.33. The summed E-state index contributed by atoms with van der Waals surface area (Å²) in [7, 11) is 0. The lowest BCUT2D eigenvalue weighted by Gasteiger charge is -2.26. The van der Waals surface area contributed by atoms with Gasteiger partial charge < -0.3 is 14.8 Å². The van der Waals surface area contributed by atoms with Crippen molar-refractivity contribution in [1.82, 2.24) is 5.32 Å². The fourth-order valence-electron chi connectivity index (χ4n) is 3.42. The molecule has 1 fully saturated rings. The van der Waals surface area contributed by atoms with Crippen LogP contribution in [0.25, 0.3) is 0 Å². The van der Waals surface area contributed by atoms with E-state index in [1.807, 2.05) is 12.1 Å². The number of ether oxygens (including phenoxy) is 2. The van der Waals surface area contributed by atoms with Crippen LogP contribution in [0.5, 0.6) is 11.5 Å². The summed E-state index contributed by atoms with van der Waals surface area (Å²) in [6, 6.07) is 12.7. The molecule has 0 aromatic heterocycles. The Kier molecular flexibility index (Phi) is 4.45. The van der Waals surface area contributed by atoms with Crippen LogP contribution in [0.15, 0.2) is 48.5 Å². The Balaban J connectivity index is 1.34. The molecular weight excluding hydrogens is 359 g/mol. The lowest BCUT2D eigenvalue weighted by molar-refractivity contribution is -0.138. The Bertz CT molecular complexity index is 852. The Morgan fingerprint density at radius 1 is 1.07 bits per heavy atom. The molecule has 2 aliphatic rings. The molecule has 1 aliphatic heterocycles. The van der Waals surface area contributed by atoms with Crippen molar-refractivity contribution in [2.45, 2.75) is 24.6 Å². The van der Waals surface area contributed by atoms with Crippen molar-refractivity contribution in [3.05, 3.63) is 59.7 Å². The van der Waals surface area contributed by atoms with Gasteiger partial charge in [-0.3, -0.25) is 4.79 Å². The largest absolute Gasteiger partial charge is 0.486 e. The summed E-state index contributed by atoms with van der Waals surface area (Å²) in [5.41, 5.74) is -0.470. The highest BCUT2D eigenvalue weighted by atomic mass is 19.4. The minimum Gasteiger partial charge on any atom is -0.486 e. The van der Waals surface area contributed by atoms with E-state index in [-0.39, 0.29) is 24.1 Å². The van der Waals surface area contributed by atoms with Crippen LogP contribution in [-0.4, -0.2) is 25.2 Å². The molecule has 27 heavy (non-hydrogen) atoms. The Labute approximate surface area is 154 Å². The summed E-state index contributed by atoms with van der Waals surface area (Å²) in [6.45, 7) is 0.555. The number of alkyl halides is 3. The number of carbonyl (C=O) groups is 1. The minimum atomic E-state index is -4.42. The Morgan fingerprint density at radius 2 is 1.78 bits per heavy atom. The van der Waals surface area contributed by atoms with Crippen molar-refractivity contribution in [2.24, 2.45) is 5.92 Å². The standard InChI is InChI=1S/C20H18F3NO3/c21-20(22,23)16-6-2-1-5-13(16)14-9-15(14)19(25)24-10-12-11-26-17-7-3-4-8-18(17)27-12/h1-8,12,14-15H,9-11H2,(H,24,25)/t12-,14+,15+/m1/s1. The summed E-state index contributed by atoms with van der Waals surface area (Å²) >= 11 is 0. The number of hydrogen-bond donors (Lipinski definition) is 1. The first-order chi connectivity index (χ1) is 12.9. The average Bonchev–Trinajstić information content (AvgIpc) is 3.46. The second-order valence-electron chi connectivity index (χ2n) is 6.78. The molecule has 142 valence electrons. The first-order valence-electron chi connectivity index (χ1n) is 8.76. The zero-order valence-corrected chi connectivity index (χ0v) is 14.3. The van der Waals surface area contributed by atoms with Gasteiger partial charge in [-0.2, -0.15) is 13.2 Å². The summed E-state index contributed by atoms with van der Waals surface area (Å²) in [5.74, 6) is 0.189. The van der Waals surface area contributed by atoms with Crippen LogP contribution in [0, 0.1) is 5.92 Å². The highest BCUT2D eigenvalue weighted by Gasteiger charge is 2.47. The molecule has 2 aromatic carbocycles.